The lowest BCUT2D eigenvalue weighted by Gasteiger charge is -2.22. The smallest absolute Gasteiger partial charge is 0.407 e. The van der Waals surface area contributed by atoms with Crippen LogP contribution in [0.25, 0.3) is 16.6 Å². The first-order chi connectivity index (χ1) is 23.4. The van der Waals surface area contributed by atoms with Gasteiger partial charge in [-0.2, -0.15) is 5.10 Å². The Morgan fingerprint density at radius 2 is 1.86 bits per heavy atom. The second-order valence-corrected chi connectivity index (χ2v) is 14.6. The largest absolute Gasteiger partial charge is 0.444 e. The number of hydrogen-bond acceptors (Lipinski definition) is 7. The number of alkyl carbamates (subject to hydrolysis) is 1. The topological polar surface area (TPSA) is 167 Å². The number of nitrogens with two attached hydrogens (primary N) is 1. The maximum absolute atomic E-state index is 14.1. The number of aliphatic imine (C=N–C) groups is 1. The van der Waals surface area contributed by atoms with Gasteiger partial charge in [-0.1, -0.05) is 17.7 Å². The summed E-state index contributed by atoms with van der Waals surface area (Å²) < 4.78 is 21.3. The minimum atomic E-state index is -1.03. The normalized spacial score (nSPS) is 16.7. The maximum atomic E-state index is 14.1. The summed E-state index contributed by atoms with van der Waals surface area (Å²) in [7, 11) is 0. The highest BCUT2D eigenvalue weighted by molar-refractivity contribution is 6.33. The molecule has 2 aromatic heterocycles. The third-order valence-electron chi connectivity index (χ3n) is 8.04. The molecule has 1 aliphatic rings. The molecule has 2 atom stereocenters. The summed E-state index contributed by atoms with van der Waals surface area (Å²) in [6.07, 6.45) is 5.20. The van der Waals surface area contributed by atoms with Gasteiger partial charge in [-0.05, 0) is 102 Å². The number of fused-ring (bicyclic) bond motifs is 1. The molecule has 0 aliphatic heterocycles. The zero-order valence-electron chi connectivity index (χ0n) is 29.0. The number of benzene rings is 2. The van der Waals surface area contributed by atoms with E-state index < -0.39 is 29.1 Å². The van der Waals surface area contributed by atoms with Crippen molar-refractivity contribution in [3.8, 4) is 11.1 Å². The van der Waals surface area contributed by atoms with E-state index in [1.165, 1.54) is 18.2 Å². The van der Waals surface area contributed by atoms with E-state index >= 15 is 0 Å². The van der Waals surface area contributed by atoms with Crippen LogP contribution >= 0.6 is 11.6 Å². The van der Waals surface area contributed by atoms with Gasteiger partial charge in [-0.15, -0.1) is 0 Å². The lowest BCUT2D eigenvalue weighted by molar-refractivity contribution is 0.0505. The average molecular weight is 707 g/mol. The van der Waals surface area contributed by atoms with E-state index in [2.05, 4.69) is 31.4 Å². The number of nitrogens with zero attached hydrogens (tertiary/aromatic N) is 3. The molecule has 7 N–H and O–H groups in total. The first-order valence-corrected chi connectivity index (χ1v) is 16.8. The summed E-state index contributed by atoms with van der Waals surface area (Å²) in [4.78, 5) is 29.3. The van der Waals surface area contributed by atoms with E-state index in [1.807, 2.05) is 52.1 Å². The molecular formula is C36H44ClFN8O4. The molecule has 12 nitrogen and oxygen atoms in total. The highest BCUT2D eigenvalue weighted by atomic mass is 35.5. The highest BCUT2D eigenvalue weighted by Crippen LogP contribution is 2.34. The van der Waals surface area contributed by atoms with Crippen LogP contribution in [-0.4, -0.2) is 62.5 Å². The van der Waals surface area contributed by atoms with Crippen LogP contribution in [0.2, 0.25) is 5.02 Å². The summed E-state index contributed by atoms with van der Waals surface area (Å²) >= 11 is 6.31. The SMILES string of the molecule is Cc1cc(NC(=O)NCC(C)(C)O)ccc1-c1cc2c(N[C@@H]3CC[C@H](NC(=O)OC(C)(C)C)C3)c(C(N)=Nc3cc(F)ccc3Cl)cnn2c1. The molecule has 1 fully saturated rings. The summed E-state index contributed by atoms with van der Waals surface area (Å²) in [6, 6.07) is 10.9. The van der Waals surface area contributed by atoms with Crippen molar-refractivity contribution in [3.05, 3.63) is 76.8 Å². The molecule has 50 heavy (non-hydrogen) atoms. The fourth-order valence-corrected chi connectivity index (χ4v) is 5.93. The van der Waals surface area contributed by atoms with Crippen LogP contribution in [0, 0.1) is 12.7 Å². The van der Waals surface area contributed by atoms with Gasteiger partial charge in [0, 0.05) is 42.1 Å². The van der Waals surface area contributed by atoms with Gasteiger partial charge in [0.05, 0.1) is 39.3 Å². The van der Waals surface area contributed by atoms with Gasteiger partial charge in [0.15, 0.2) is 0 Å². The molecule has 14 heteroatoms. The van der Waals surface area contributed by atoms with Crippen molar-refractivity contribution in [1.82, 2.24) is 20.2 Å². The highest BCUT2D eigenvalue weighted by Gasteiger charge is 2.29. The monoisotopic (exact) mass is 706 g/mol. The van der Waals surface area contributed by atoms with Gasteiger partial charge in [0.2, 0.25) is 0 Å². The molecule has 2 heterocycles. The molecule has 1 saturated carbocycles. The number of aryl methyl sites for hydroxylation is 1. The number of ether oxygens (including phenoxy) is 1. The van der Waals surface area contributed by atoms with Gasteiger partial charge in [0.25, 0.3) is 0 Å². The molecule has 0 spiro atoms. The number of rotatable bonds is 9. The summed E-state index contributed by atoms with van der Waals surface area (Å²) in [5, 5.41) is 26.8. The van der Waals surface area contributed by atoms with Crippen LogP contribution in [0.4, 0.5) is 31.0 Å². The molecule has 2 aromatic carbocycles. The Morgan fingerprint density at radius 3 is 2.56 bits per heavy atom. The molecule has 1 aliphatic carbocycles. The van der Waals surface area contributed by atoms with Crippen molar-refractivity contribution >= 4 is 52.1 Å². The average Bonchev–Trinajstić information content (AvgIpc) is 3.63. The van der Waals surface area contributed by atoms with Crippen molar-refractivity contribution in [2.75, 3.05) is 17.2 Å². The minimum Gasteiger partial charge on any atom is -0.444 e. The number of carbonyl (C=O) groups excluding carboxylic acids is 2. The second kappa shape index (κ2) is 14.5. The Balaban J connectivity index is 1.46. The van der Waals surface area contributed by atoms with E-state index in [1.54, 1.807) is 30.6 Å². The maximum Gasteiger partial charge on any atom is 0.407 e. The minimum absolute atomic E-state index is 0.0292. The van der Waals surface area contributed by atoms with Gasteiger partial charge >= 0.3 is 12.1 Å². The van der Waals surface area contributed by atoms with Crippen LogP contribution in [0.3, 0.4) is 0 Å². The molecule has 0 saturated heterocycles. The quantitative estimate of drug-likeness (QED) is 0.0814. The lowest BCUT2D eigenvalue weighted by Crippen LogP contribution is -2.40. The van der Waals surface area contributed by atoms with Crippen molar-refractivity contribution in [3.63, 3.8) is 0 Å². The summed E-state index contributed by atoms with van der Waals surface area (Å²) in [5.74, 6) is -0.404. The van der Waals surface area contributed by atoms with E-state index in [0.29, 0.717) is 23.4 Å². The van der Waals surface area contributed by atoms with Gasteiger partial charge in [-0.25, -0.2) is 23.5 Å². The fraction of sp³-hybridized carbons (Fsp3) is 0.389. The van der Waals surface area contributed by atoms with Gasteiger partial charge < -0.3 is 36.8 Å². The van der Waals surface area contributed by atoms with E-state index in [4.69, 9.17) is 22.1 Å². The Labute approximate surface area is 295 Å². The van der Waals surface area contributed by atoms with Crippen LogP contribution in [0.5, 0.6) is 0 Å². The fourth-order valence-electron chi connectivity index (χ4n) is 5.77. The zero-order chi connectivity index (χ0) is 36.4. The van der Waals surface area contributed by atoms with Crippen molar-refractivity contribution in [2.24, 2.45) is 10.7 Å². The number of urea groups is 1. The number of aliphatic hydroxyl groups is 1. The van der Waals surface area contributed by atoms with Crippen LogP contribution in [0.1, 0.15) is 65.0 Å². The van der Waals surface area contributed by atoms with Gasteiger partial charge in [-0.3, -0.25) is 0 Å². The predicted octanol–water partition coefficient (Wildman–Crippen LogP) is 6.89. The van der Waals surface area contributed by atoms with Crippen LogP contribution < -0.4 is 27.0 Å². The Morgan fingerprint density at radius 1 is 1.12 bits per heavy atom. The number of hydrogen-bond donors (Lipinski definition) is 6. The summed E-state index contributed by atoms with van der Waals surface area (Å²) in [6.45, 7) is 10.7. The number of amides is 3. The van der Waals surface area contributed by atoms with Gasteiger partial charge in [0.1, 0.15) is 17.3 Å². The first kappa shape index (κ1) is 36.4. The summed E-state index contributed by atoms with van der Waals surface area (Å²) in [5.41, 5.74) is 10.3. The van der Waals surface area contributed by atoms with Crippen LogP contribution in [0.15, 0.2) is 59.9 Å². The Hall–Kier alpha value is -4.88. The third-order valence-corrected chi connectivity index (χ3v) is 8.36. The Kier molecular flexibility index (Phi) is 10.6. The molecular weight excluding hydrogens is 663 g/mol. The Bertz CT molecular complexity index is 1930. The molecule has 4 aromatic rings. The number of halogens is 2. The molecule has 0 bridgehead atoms. The van der Waals surface area contributed by atoms with Crippen LogP contribution in [-0.2, 0) is 4.74 Å². The first-order valence-electron chi connectivity index (χ1n) is 16.4. The van der Waals surface area contributed by atoms with Crippen molar-refractivity contribution in [2.45, 2.75) is 84.1 Å². The molecule has 5 rings (SSSR count). The second-order valence-electron chi connectivity index (χ2n) is 14.2. The molecule has 0 radical (unpaired) electrons. The predicted molar refractivity (Wildman–Crippen MR) is 195 cm³/mol. The lowest BCUT2D eigenvalue weighted by atomic mass is 10.0. The number of anilines is 2. The standard InChI is InChI=1S/C36H44ClFN8O4/c1-20-13-23(43-33(47)40-19-36(5,6)49)10-11-26(20)21-14-30-31(42-24-8-9-25(16-24)44-34(48)50-35(2,3)4)27(17-41-46(30)18-21)32(39)45-29-15-22(38)7-12-28(29)37/h7,10-15,17-18,24-25,42,49H,8-9,16,19H2,1-6H3,(H2,39,45)(H,44,48)(H2,40,43,47)/t24-,25+/m1/s1. The number of amidine groups is 1. The van der Waals surface area contributed by atoms with E-state index in [9.17, 15) is 19.1 Å². The zero-order valence-corrected chi connectivity index (χ0v) is 29.8. The van der Waals surface area contributed by atoms with Crippen molar-refractivity contribution < 1.29 is 23.8 Å². The van der Waals surface area contributed by atoms with Crippen molar-refractivity contribution in [1.29, 1.82) is 0 Å². The van der Waals surface area contributed by atoms with E-state index in [0.717, 1.165) is 35.0 Å². The third kappa shape index (κ3) is 9.42. The number of aromatic nitrogens is 2. The number of carbonyl (C=O) groups is 2. The molecule has 266 valence electrons. The molecule has 0 unspecified atom stereocenters. The van der Waals surface area contributed by atoms with E-state index in [-0.39, 0.29) is 35.2 Å². The number of nitrogens with one attached hydrogen (secondary N) is 4. The molecule has 3 amide bonds.